The molecule has 0 radical (unpaired) electrons. The summed E-state index contributed by atoms with van der Waals surface area (Å²) >= 11 is 0. The van der Waals surface area contributed by atoms with Crippen molar-refractivity contribution in [2.45, 2.75) is 71.6 Å². The summed E-state index contributed by atoms with van der Waals surface area (Å²) in [5.74, 6) is 0.221. The molecule has 1 heterocycles. The van der Waals surface area contributed by atoms with Crippen LogP contribution in [-0.4, -0.2) is 10.1 Å². The van der Waals surface area contributed by atoms with E-state index in [1.54, 1.807) is 0 Å². The zero-order valence-corrected chi connectivity index (χ0v) is 14.1. The van der Waals surface area contributed by atoms with Crippen molar-refractivity contribution in [1.82, 2.24) is 4.98 Å². The number of aromatic nitrogens is 1. The molecule has 2 heteroatoms. The fourth-order valence-corrected chi connectivity index (χ4v) is 3.14. The lowest BCUT2D eigenvalue weighted by atomic mass is 9.99. The summed E-state index contributed by atoms with van der Waals surface area (Å²) in [6, 6.07) is 8.05. The smallest absolute Gasteiger partial charge is 0.214 e. The van der Waals surface area contributed by atoms with Gasteiger partial charge < -0.3 is 5.11 Å². The van der Waals surface area contributed by atoms with Crippen LogP contribution >= 0.6 is 0 Å². The van der Waals surface area contributed by atoms with E-state index in [2.05, 4.69) is 24.9 Å². The van der Waals surface area contributed by atoms with Crippen LogP contribution < -0.4 is 0 Å². The maximum atomic E-state index is 10.2. The number of hydrogen-bond acceptors (Lipinski definition) is 2. The Bertz CT molecular complexity index is 592. The predicted octanol–water partition coefficient (Wildman–Crippen LogP) is 5.93. The Morgan fingerprint density at radius 1 is 0.909 bits per heavy atom. The second-order valence-electron chi connectivity index (χ2n) is 6.28. The maximum absolute atomic E-state index is 10.2. The van der Waals surface area contributed by atoms with Crippen LogP contribution in [0.5, 0.6) is 5.88 Å². The molecule has 0 saturated carbocycles. The number of benzene rings is 1. The standard InChI is InChI=1S/C20H29NO/c1-3-4-5-6-7-8-9-10-14-18-16(2)17-13-11-12-15-19(17)21-20(18)22/h11-13,15H,3-10,14H2,1-2H3,(H,21,22). The molecule has 120 valence electrons. The normalized spacial score (nSPS) is 11.2. The number of rotatable bonds is 9. The van der Waals surface area contributed by atoms with Crippen molar-refractivity contribution in [2.75, 3.05) is 0 Å². The van der Waals surface area contributed by atoms with Crippen LogP contribution in [0.4, 0.5) is 0 Å². The summed E-state index contributed by atoms with van der Waals surface area (Å²) in [6.07, 6.45) is 11.4. The monoisotopic (exact) mass is 299 g/mol. The Hall–Kier alpha value is -1.57. The Morgan fingerprint density at radius 3 is 2.27 bits per heavy atom. The van der Waals surface area contributed by atoms with Crippen LogP contribution in [-0.2, 0) is 6.42 Å². The molecule has 0 bridgehead atoms. The number of aryl methyl sites for hydroxylation is 1. The third kappa shape index (κ3) is 4.46. The van der Waals surface area contributed by atoms with E-state index in [4.69, 9.17) is 0 Å². The Morgan fingerprint density at radius 2 is 1.55 bits per heavy atom. The molecule has 1 aromatic carbocycles. The minimum Gasteiger partial charge on any atom is -0.493 e. The van der Waals surface area contributed by atoms with E-state index in [-0.39, 0.29) is 5.88 Å². The van der Waals surface area contributed by atoms with Crippen molar-refractivity contribution in [3.63, 3.8) is 0 Å². The van der Waals surface area contributed by atoms with Crippen molar-refractivity contribution >= 4 is 10.9 Å². The lowest BCUT2D eigenvalue weighted by Crippen LogP contribution is -1.95. The third-order valence-corrected chi connectivity index (χ3v) is 4.54. The molecule has 1 aromatic heterocycles. The van der Waals surface area contributed by atoms with Gasteiger partial charge in [-0.1, -0.05) is 70.1 Å². The molecule has 0 aliphatic rings. The lowest BCUT2D eigenvalue weighted by Gasteiger charge is -2.11. The van der Waals surface area contributed by atoms with Gasteiger partial charge in [-0.15, -0.1) is 0 Å². The molecule has 2 rings (SSSR count). The number of aromatic hydroxyl groups is 1. The second kappa shape index (κ2) is 8.77. The van der Waals surface area contributed by atoms with Crippen LogP contribution in [0, 0.1) is 6.92 Å². The van der Waals surface area contributed by atoms with Crippen molar-refractivity contribution < 1.29 is 5.11 Å². The molecule has 22 heavy (non-hydrogen) atoms. The Balaban J connectivity index is 1.84. The first-order valence-electron chi connectivity index (χ1n) is 8.81. The molecule has 0 saturated heterocycles. The molecular weight excluding hydrogens is 270 g/mol. The molecule has 0 amide bonds. The van der Waals surface area contributed by atoms with Crippen molar-refractivity contribution in [3.05, 3.63) is 35.4 Å². The first-order valence-corrected chi connectivity index (χ1v) is 8.81. The largest absolute Gasteiger partial charge is 0.493 e. The van der Waals surface area contributed by atoms with Crippen LogP contribution in [0.1, 0.15) is 69.4 Å². The molecule has 2 aromatic rings. The summed E-state index contributed by atoms with van der Waals surface area (Å²) < 4.78 is 0. The van der Waals surface area contributed by atoms with Gasteiger partial charge in [0.05, 0.1) is 5.52 Å². The minimum absolute atomic E-state index is 0.221. The van der Waals surface area contributed by atoms with E-state index < -0.39 is 0 Å². The fraction of sp³-hybridized carbons (Fsp3) is 0.550. The van der Waals surface area contributed by atoms with Gasteiger partial charge in [0.2, 0.25) is 5.88 Å². The topological polar surface area (TPSA) is 33.1 Å². The summed E-state index contributed by atoms with van der Waals surface area (Å²) in [7, 11) is 0. The van der Waals surface area contributed by atoms with Gasteiger partial charge in [-0.25, -0.2) is 4.98 Å². The minimum atomic E-state index is 0.221. The van der Waals surface area contributed by atoms with Crippen molar-refractivity contribution in [3.8, 4) is 5.88 Å². The van der Waals surface area contributed by atoms with Gasteiger partial charge in [0.15, 0.2) is 0 Å². The zero-order chi connectivity index (χ0) is 15.8. The number of fused-ring (bicyclic) bond motifs is 1. The van der Waals surface area contributed by atoms with E-state index in [1.807, 2.05) is 18.2 Å². The first kappa shape index (κ1) is 16.8. The number of unbranched alkanes of at least 4 members (excludes halogenated alkanes) is 7. The maximum Gasteiger partial charge on any atom is 0.214 e. The van der Waals surface area contributed by atoms with Gasteiger partial charge in [0.1, 0.15) is 0 Å². The van der Waals surface area contributed by atoms with E-state index >= 15 is 0 Å². The van der Waals surface area contributed by atoms with Gasteiger partial charge in [-0.2, -0.15) is 0 Å². The number of pyridine rings is 1. The highest BCUT2D eigenvalue weighted by atomic mass is 16.3. The predicted molar refractivity (Wildman–Crippen MR) is 94.5 cm³/mol. The van der Waals surface area contributed by atoms with E-state index in [1.165, 1.54) is 50.5 Å². The number of nitrogens with zero attached hydrogens (tertiary/aromatic N) is 1. The molecular formula is C20H29NO. The zero-order valence-electron chi connectivity index (χ0n) is 14.1. The summed E-state index contributed by atoms with van der Waals surface area (Å²) in [5, 5.41) is 11.3. The summed E-state index contributed by atoms with van der Waals surface area (Å²) in [6.45, 7) is 4.36. The van der Waals surface area contributed by atoms with Gasteiger partial charge >= 0.3 is 0 Å². The van der Waals surface area contributed by atoms with Gasteiger partial charge in [-0.3, -0.25) is 0 Å². The lowest BCUT2D eigenvalue weighted by molar-refractivity contribution is 0.446. The average Bonchev–Trinajstić information content (AvgIpc) is 2.52. The van der Waals surface area contributed by atoms with Crippen LogP contribution in [0.15, 0.2) is 24.3 Å². The number of para-hydroxylation sites is 1. The van der Waals surface area contributed by atoms with Crippen LogP contribution in [0.2, 0.25) is 0 Å². The molecule has 2 nitrogen and oxygen atoms in total. The molecule has 0 aliphatic heterocycles. The van der Waals surface area contributed by atoms with Gasteiger partial charge in [0, 0.05) is 10.9 Å². The summed E-state index contributed by atoms with van der Waals surface area (Å²) in [5.41, 5.74) is 3.10. The van der Waals surface area contributed by atoms with E-state index in [9.17, 15) is 5.11 Å². The molecule has 0 atom stereocenters. The quantitative estimate of drug-likeness (QED) is 0.582. The van der Waals surface area contributed by atoms with Crippen molar-refractivity contribution in [2.24, 2.45) is 0 Å². The van der Waals surface area contributed by atoms with E-state index in [0.717, 1.165) is 29.3 Å². The van der Waals surface area contributed by atoms with Crippen LogP contribution in [0.25, 0.3) is 10.9 Å². The molecule has 0 unspecified atom stereocenters. The highest BCUT2D eigenvalue weighted by Gasteiger charge is 2.10. The molecule has 0 fully saturated rings. The van der Waals surface area contributed by atoms with Crippen LogP contribution in [0.3, 0.4) is 0 Å². The highest BCUT2D eigenvalue weighted by Crippen LogP contribution is 2.28. The average molecular weight is 299 g/mol. The van der Waals surface area contributed by atoms with Gasteiger partial charge in [-0.05, 0) is 31.4 Å². The SMILES string of the molecule is CCCCCCCCCCc1c(O)nc2ccccc2c1C. The second-order valence-corrected chi connectivity index (χ2v) is 6.28. The Kier molecular flexibility index (Phi) is 6.70. The fourth-order valence-electron chi connectivity index (χ4n) is 3.14. The molecule has 1 N–H and O–H groups in total. The van der Waals surface area contributed by atoms with Gasteiger partial charge in [0.25, 0.3) is 0 Å². The Labute approximate surface area is 134 Å². The van der Waals surface area contributed by atoms with Crippen molar-refractivity contribution in [1.29, 1.82) is 0 Å². The third-order valence-electron chi connectivity index (χ3n) is 4.54. The summed E-state index contributed by atoms with van der Waals surface area (Å²) in [4.78, 5) is 4.34. The number of hydrogen-bond donors (Lipinski definition) is 1. The van der Waals surface area contributed by atoms with E-state index in [0.29, 0.717) is 0 Å². The first-order chi connectivity index (χ1) is 10.7. The highest BCUT2D eigenvalue weighted by molar-refractivity contribution is 5.83. The molecule has 0 aliphatic carbocycles. The molecule has 0 spiro atoms.